The lowest BCUT2D eigenvalue weighted by Gasteiger charge is -2.17. The molecule has 0 amide bonds. The fraction of sp³-hybridized carbons (Fsp3) is 0.375. The Balaban J connectivity index is 2.34. The van der Waals surface area contributed by atoms with E-state index in [-0.39, 0.29) is 0 Å². The van der Waals surface area contributed by atoms with Gasteiger partial charge in [0.25, 0.3) is 0 Å². The van der Waals surface area contributed by atoms with Gasteiger partial charge >= 0.3 is 0 Å². The van der Waals surface area contributed by atoms with E-state index < -0.39 is 0 Å². The maximum absolute atomic E-state index is 3.55. The third kappa shape index (κ3) is 2.79. The molecule has 0 spiro atoms. The summed E-state index contributed by atoms with van der Waals surface area (Å²) in [6.45, 7) is 5.47. The van der Waals surface area contributed by atoms with E-state index in [1.165, 1.54) is 35.2 Å². The number of hydrogen-bond acceptors (Lipinski definition) is 1. The molecule has 1 heterocycles. The van der Waals surface area contributed by atoms with Crippen LogP contribution in [0.1, 0.15) is 38.7 Å². The number of anilines is 1. The molecule has 0 aliphatic carbocycles. The molecule has 2 rings (SSSR count). The lowest BCUT2D eigenvalue weighted by Crippen LogP contribution is -2.09. The molecule has 0 saturated carbocycles. The van der Waals surface area contributed by atoms with Crippen LogP contribution < -0.4 is 5.32 Å². The van der Waals surface area contributed by atoms with Gasteiger partial charge in [-0.1, -0.05) is 50.6 Å². The van der Waals surface area contributed by atoms with Gasteiger partial charge in [-0.3, -0.25) is 0 Å². The van der Waals surface area contributed by atoms with E-state index in [1.807, 2.05) is 0 Å². The highest BCUT2D eigenvalue weighted by Gasteiger charge is 2.07. The van der Waals surface area contributed by atoms with E-state index in [1.54, 1.807) is 0 Å². The van der Waals surface area contributed by atoms with Crippen LogP contribution >= 0.6 is 0 Å². The van der Waals surface area contributed by atoms with Gasteiger partial charge in [0.2, 0.25) is 0 Å². The van der Waals surface area contributed by atoms with Crippen LogP contribution in [0.5, 0.6) is 0 Å². The maximum Gasteiger partial charge on any atom is 0.0416 e. The van der Waals surface area contributed by atoms with Crippen LogP contribution in [0.25, 0.3) is 6.08 Å². The summed E-state index contributed by atoms with van der Waals surface area (Å²) in [7, 11) is 0. The van der Waals surface area contributed by atoms with Crippen molar-refractivity contribution in [2.45, 2.75) is 33.1 Å². The topological polar surface area (TPSA) is 12.0 Å². The molecule has 0 atom stereocenters. The molecule has 1 aliphatic rings. The van der Waals surface area contributed by atoms with Crippen molar-refractivity contribution in [3.8, 4) is 0 Å². The Morgan fingerprint density at radius 3 is 2.71 bits per heavy atom. The molecule has 1 aliphatic heterocycles. The summed E-state index contributed by atoms with van der Waals surface area (Å²) in [5.74, 6) is 0. The second-order valence-corrected chi connectivity index (χ2v) is 4.51. The number of allylic oxidation sites excluding steroid dienone is 2. The van der Waals surface area contributed by atoms with Gasteiger partial charge in [-0.25, -0.2) is 0 Å². The first-order chi connectivity index (χ1) is 8.35. The molecule has 1 aromatic carbocycles. The second-order valence-electron chi connectivity index (χ2n) is 4.51. The highest BCUT2D eigenvalue weighted by Crippen LogP contribution is 2.24. The molecule has 1 nitrogen and oxygen atoms in total. The Hall–Kier alpha value is -1.50. The third-order valence-electron chi connectivity index (χ3n) is 3.32. The maximum atomic E-state index is 3.55. The Morgan fingerprint density at radius 1 is 1.12 bits per heavy atom. The summed E-state index contributed by atoms with van der Waals surface area (Å²) >= 11 is 0. The van der Waals surface area contributed by atoms with Crippen LogP contribution in [0.3, 0.4) is 0 Å². The SMILES string of the molecule is CCCC1=C(CC)CNc2ccccc2C=C1. The predicted molar refractivity (Wildman–Crippen MR) is 76.2 cm³/mol. The van der Waals surface area contributed by atoms with Crippen molar-refractivity contribution in [2.75, 3.05) is 11.9 Å². The molecule has 1 heteroatoms. The van der Waals surface area contributed by atoms with Crippen LogP contribution in [0.15, 0.2) is 41.5 Å². The average Bonchev–Trinajstić information content (AvgIpc) is 2.34. The van der Waals surface area contributed by atoms with Gasteiger partial charge in [0.1, 0.15) is 0 Å². The standard InChI is InChI=1S/C16H21N/c1-3-7-14-10-11-15-8-5-6-9-16(15)17-12-13(14)4-2/h5-6,8-11,17H,3-4,7,12H2,1-2H3. The molecular formula is C16H21N. The average molecular weight is 227 g/mol. The van der Waals surface area contributed by atoms with Crippen molar-refractivity contribution in [1.29, 1.82) is 0 Å². The van der Waals surface area contributed by atoms with Crippen molar-refractivity contribution in [3.63, 3.8) is 0 Å². The van der Waals surface area contributed by atoms with Crippen molar-refractivity contribution in [3.05, 3.63) is 47.1 Å². The summed E-state index contributed by atoms with van der Waals surface area (Å²) in [5, 5.41) is 3.55. The molecular weight excluding hydrogens is 206 g/mol. The van der Waals surface area contributed by atoms with E-state index >= 15 is 0 Å². The summed E-state index contributed by atoms with van der Waals surface area (Å²) in [4.78, 5) is 0. The lowest BCUT2D eigenvalue weighted by atomic mass is 9.98. The first-order valence-corrected chi connectivity index (χ1v) is 6.57. The van der Waals surface area contributed by atoms with Crippen LogP contribution in [0.4, 0.5) is 5.69 Å². The molecule has 0 saturated heterocycles. The Kier molecular flexibility index (Phi) is 4.03. The highest BCUT2D eigenvalue weighted by molar-refractivity contribution is 5.69. The van der Waals surface area contributed by atoms with Crippen LogP contribution in [-0.2, 0) is 0 Å². The zero-order valence-electron chi connectivity index (χ0n) is 10.8. The number of nitrogens with one attached hydrogen (secondary N) is 1. The second kappa shape index (κ2) is 5.72. The summed E-state index contributed by atoms with van der Waals surface area (Å²) in [6, 6.07) is 8.50. The monoisotopic (exact) mass is 227 g/mol. The Labute approximate surface area is 104 Å². The van der Waals surface area contributed by atoms with Crippen molar-refractivity contribution in [2.24, 2.45) is 0 Å². The number of para-hydroxylation sites is 1. The van der Waals surface area contributed by atoms with Gasteiger partial charge in [-0.15, -0.1) is 0 Å². The van der Waals surface area contributed by atoms with Gasteiger partial charge in [0.15, 0.2) is 0 Å². The first-order valence-electron chi connectivity index (χ1n) is 6.57. The Bertz CT molecular complexity index is 441. The minimum absolute atomic E-state index is 0.979. The van der Waals surface area contributed by atoms with Crippen LogP contribution in [0, 0.1) is 0 Å². The smallest absolute Gasteiger partial charge is 0.0416 e. The van der Waals surface area contributed by atoms with Gasteiger partial charge in [-0.2, -0.15) is 0 Å². The lowest BCUT2D eigenvalue weighted by molar-refractivity contribution is 0.886. The third-order valence-corrected chi connectivity index (χ3v) is 3.32. The minimum atomic E-state index is 0.979. The molecule has 0 bridgehead atoms. The normalized spacial score (nSPS) is 14.9. The summed E-state index contributed by atoms with van der Waals surface area (Å²) in [6.07, 6.45) is 8.08. The first kappa shape index (κ1) is 12.0. The fourth-order valence-corrected chi connectivity index (χ4v) is 2.31. The number of hydrogen-bond donors (Lipinski definition) is 1. The molecule has 0 aromatic heterocycles. The van der Waals surface area contributed by atoms with Crippen LogP contribution in [0.2, 0.25) is 0 Å². The van der Waals surface area contributed by atoms with Crippen molar-refractivity contribution in [1.82, 2.24) is 0 Å². The molecule has 1 aromatic rings. The molecule has 0 radical (unpaired) electrons. The van der Waals surface area contributed by atoms with Gasteiger partial charge in [0.05, 0.1) is 0 Å². The van der Waals surface area contributed by atoms with E-state index in [0.717, 1.165) is 13.0 Å². The molecule has 90 valence electrons. The van der Waals surface area contributed by atoms with Crippen LogP contribution in [-0.4, -0.2) is 6.54 Å². The minimum Gasteiger partial charge on any atom is -0.381 e. The van der Waals surface area contributed by atoms with Crippen molar-refractivity contribution < 1.29 is 0 Å². The fourth-order valence-electron chi connectivity index (χ4n) is 2.31. The Morgan fingerprint density at radius 2 is 1.94 bits per heavy atom. The predicted octanol–water partition coefficient (Wildman–Crippen LogP) is 4.63. The summed E-state index contributed by atoms with van der Waals surface area (Å²) in [5.41, 5.74) is 5.58. The summed E-state index contributed by atoms with van der Waals surface area (Å²) < 4.78 is 0. The van der Waals surface area contributed by atoms with Gasteiger partial charge in [0, 0.05) is 12.2 Å². The quantitative estimate of drug-likeness (QED) is 0.793. The number of fused-ring (bicyclic) bond motifs is 1. The van der Waals surface area contributed by atoms with E-state index in [4.69, 9.17) is 0 Å². The number of benzene rings is 1. The number of rotatable bonds is 3. The van der Waals surface area contributed by atoms with Gasteiger partial charge in [-0.05, 0) is 35.6 Å². The zero-order chi connectivity index (χ0) is 12.1. The van der Waals surface area contributed by atoms with E-state index in [2.05, 4.69) is 55.6 Å². The van der Waals surface area contributed by atoms with E-state index in [9.17, 15) is 0 Å². The molecule has 17 heavy (non-hydrogen) atoms. The molecule has 0 unspecified atom stereocenters. The van der Waals surface area contributed by atoms with Crippen molar-refractivity contribution >= 4 is 11.8 Å². The van der Waals surface area contributed by atoms with E-state index in [0.29, 0.717) is 0 Å². The largest absolute Gasteiger partial charge is 0.381 e. The zero-order valence-corrected chi connectivity index (χ0v) is 10.8. The molecule has 1 N–H and O–H groups in total. The molecule has 0 fully saturated rings. The highest BCUT2D eigenvalue weighted by atomic mass is 14.9. The van der Waals surface area contributed by atoms with Gasteiger partial charge < -0.3 is 5.32 Å².